The van der Waals surface area contributed by atoms with E-state index in [9.17, 15) is 5.11 Å². The van der Waals surface area contributed by atoms with Crippen LogP contribution in [0.5, 0.6) is 5.88 Å². The highest BCUT2D eigenvalue weighted by atomic mass is 35.5. The number of allylic oxidation sites excluding steroid dienone is 1. The van der Waals surface area contributed by atoms with Crippen molar-refractivity contribution in [1.82, 2.24) is 15.0 Å². The van der Waals surface area contributed by atoms with Crippen molar-refractivity contribution < 1.29 is 5.11 Å². The molecule has 3 fully saturated rings. The number of aromatic nitrogens is 3. The molecule has 0 saturated heterocycles. The van der Waals surface area contributed by atoms with E-state index in [0.717, 1.165) is 29.4 Å². The molecule has 3 saturated carbocycles. The lowest BCUT2D eigenvalue weighted by atomic mass is 9.45. The number of aliphatic imine (C=N–C) groups is 1. The summed E-state index contributed by atoms with van der Waals surface area (Å²) in [5.74, 6) is 3.48. The van der Waals surface area contributed by atoms with Gasteiger partial charge in [-0.2, -0.15) is 4.98 Å². The van der Waals surface area contributed by atoms with Gasteiger partial charge in [-0.1, -0.05) is 20.8 Å². The summed E-state index contributed by atoms with van der Waals surface area (Å²) in [6.45, 7) is 7.14. The SMILES string of the molecule is C[C@H]1[C@H]2CC(C[C@H]1Nc1nc(O)c(C=C3C=Nc4ncccc43)[nH]1)C2(C)C.Cl.Cl. The lowest BCUT2D eigenvalue weighted by Gasteiger charge is -2.62. The monoisotopic (exact) mass is 435 g/mol. The third kappa shape index (κ3) is 3.42. The topological polar surface area (TPSA) is 86.2 Å². The van der Waals surface area contributed by atoms with Gasteiger partial charge in [0.25, 0.3) is 0 Å². The van der Waals surface area contributed by atoms with E-state index in [0.29, 0.717) is 34.8 Å². The molecule has 0 aromatic carbocycles. The van der Waals surface area contributed by atoms with Crippen LogP contribution in [0, 0.1) is 23.2 Å². The van der Waals surface area contributed by atoms with Gasteiger partial charge in [-0.15, -0.1) is 24.8 Å². The summed E-state index contributed by atoms with van der Waals surface area (Å²) in [4.78, 5) is 16.1. The van der Waals surface area contributed by atoms with E-state index in [1.165, 1.54) is 6.42 Å². The molecule has 1 unspecified atom stereocenters. The summed E-state index contributed by atoms with van der Waals surface area (Å²) in [6.07, 6.45) is 7.87. The number of H-pyrrole nitrogens is 1. The maximum atomic E-state index is 10.3. The molecular formula is C21H27Cl2N5O. The summed E-state index contributed by atoms with van der Waals surface area (Å²) in [6, 6.07) is 4.26. The van der Waals surface area contributed by atoms with Gasteiger partial charge in [-0.3, -0.25) is 0 Å². The van der Waals surface area contributed by atoms with E-state index in [1.807, 2.05) is 18.2 Å². The van der Waals surface area contributed by atoms with Crippen molar-refractivity contribution >= 4 is 54.4 Å². The van der Waals surface area contributed by atoms with Crippen LogP contribution in [-0.4, -0.2) is 32.3 Å². The van der Waals surface area contributed by atoms with Gasteiger partial charge >= 0.3 is 0 Å². The van der Waals surface area contributed by atoms with Gasteiger partial charge in [0, 0.05) is 29.6 Å². The highest BCUT2D eigenvalue weighted by Gasteiger charge is 2.56. The highest BCUT2D eigenvalue weighted by Crippen LogP contribution is 2.61. The molecule has 3 heterocycles. The van der Waals surface area contributed by atoms with Gasteiger partial charge < -0.3 is 15.4 Å². The number of fused-ring (bicyclic) bond motifs is 3. The largest absolute Gasteiger partial charge is 0.492 e. The zero-order valence-corrected chi connectivity index (χ0v) is 18.3. The van der Waals surface area contributed by atoms with Crippen molar-refractivity contribution in [2.75, 3.05) is 5.32 Å². The van der Waals surface area contributed by atoms with Crippen LogP contribution in [0.4, 0.5) is 11.8 Å². The lowest BCUT2D eigenvalue weighted by Crippen LogP contribution is -2.58. The van der Waals surface area contributed by atoms with E-state index in [-0.39, 0.29) is 30.7 Å². The van der Waals surface area contributed by atoms with Crippen LogP contribution in [0.3, 0.4) is 0 Å². The predicted octanol–water partition coefficient (Wildman–Crippen LogP) is 5.09. The highest BCUT2D eigenvalue weighted by molar-refractivity contribution is 6.20. The Bertz CT molecular complexity index is 968. The van der Waals surface area contributed by atoms with Crippen molar-refractivity contribution in [3.8, 4) is 5.88 Å². The molecule has 3 aliphatic carbocycles. The molecule has 6 nitrogen and oxygen atoms in total. The third-order valence-corrected chi connectivity index (χ3v) is 7.11. The zero-order valence-electron chi connectivity index (χ0n) is 16.7. The number of imidazole rings is 1. The normalized spacial score (nSPS) is 29.4. The molecule has 0 spiro atoms. The fourth-order valence-electron chi connectivity index (χ4n) is 5.26. The smallest absolute Gasteiger partial charge is 0.238 e. The molecule has 4 atom stereocenters. The van der Waals surface area contributed by atoms with Crippen LogP contribution >= 0.6 is 24.8 Å². The second kappa shape index (κ2) is 7.65. The summed E-state index contributed by atoms with van der Waals surface area (Å²) in [5, 5.41) is 13.8. The maximum Gasteiger partial charge on any atom is 0.238 e. The Hall–Kier alpha value is -2.05. The summed E-state index contributed by atoms with van der Waals surface area (Å²) >= 11 is 0. The zero-order chi connectivity index (χ0) is 18.8. The molecule has 156 valence electrons. The Morgan fingerprint density at radius 1 is 1.28 bits per heavy atom. The van der Waals surface area contributed by atoms with Gasteiger partial charge in [-0.05, 0) is 54.2 Å². The minimum absolute atomic E-state index is 0. The van der Waals surface area contributed by atoms with Crippen LogP contribution in [0.2, 0.25) is 0 Å². The quantitative estimate of drug-likeness (QED) is 0.626. The molecule has 2 aromatic heterocycles. The molecule has 4 aliphatic rings. The van der Waals surface area contributed by atoms with E-state index in [2.05, 4.69) is 46.0 Å². The van der Waals surface area contributed by atoms with Gasteiger partial charge in [-0.25, -0.2) is 9.98 Å². The number of aromatic hydroxyl groups is 1. The first kappa shape index (κ1) is 21.7. The molecule has 2 aromatic rings. The van der Waals surface area contributed by atoms with Gasteiger partial charge in [0.15, 0.2) is 5.82 Å². The second-order valence-corrected chi connectivity index (χ2v) is 8.76. The van der Waals surface area contributed by atoms with E-state index < -0.39 is 0 Å². The van der Waals surface area contributed by atoms with Gasteiger partial charge in [0.1, 0.15) is 5.69 Å². The first-order valence-corrected chi connectivity index (χ1v) is 9.70. The van der Waals surface area contributed by atoms with Crippen molar-refractivity contribution in [1.29, 1.82) is 0 Å². The van der Waals surface area contributed by atoms with Crippen molar-refractivity contribution in [3.63, 3.8) is 0 Å². The third-order valence-electron chi connectivity index (χ3n) is 7.11. The fraction of sp³-hybridized carbons (Fsp3) is 0.476. The van der Waals surface area contributed by atoms with Crippen LogP contribution in [0.15, 0.2) is 23.3 Å². The van der Waals surface area contributed by atoms with Crippen LogP contribution in [-0.2, 0) is 0 Å². The maximum absolute atomic E-state index is 10.3. The van der Waals surface area contributed by atoms with Gasteiger partial charge in [0.05, 0.1) is 0 Å². The number of anilines is 1. The number of nitrogens with zero attached hydrogens (tertiary/aromatic N) is 3. The Balaban J connectivity index is 0.00000120. The first-order valence-electron chi connectivity index (χ1n) is 9.70. The van der Waals surface area contributed by atoms with E-state index >= 15 is 0 Å². The van der Waals surface area contributed by atoms with E-state index in [4.69, 9.17) is 0 Å². The number of pyridine rings is 1. The number of halogens is 2. The molecule has 2 bridgehead atoms. The number of rotatable bonds is 3. The Labute approximate surface area is 183 Å². The van der Waals surface area contributed by atoms with Crippen molar-refractivity contribution in [3.05, 3.63) is 29.6 Å². The van der Waals surface area contributed by atoms with E-state index in [1.54, 1.807) is 12.4 Å². The van der Waals surface area contributed by atoms with Crippen LogP contribution in [0.25, 0.3) is 11.6 Å². The molecule has 8 heteroatoms. The summed E-state index contributed by atoms with van der Waals surface area (Å²) in [5.41, 5.74) is 2.92. The van der Waals surface area contributed by atoms with Crippen molar-refractivity contribution in [2.24, 2.45) is 28.2 Å². The molecule has 0 amide bonds. The first-order chi connectivity index (χ1) is 12.9. The predicted molar refractivity (Wildman–Crippen MR) is 122 cm³/mol. The average Bonchev–Trinajstić information content (AvgIpc) is 3.20. The average molecular weight is 436 g/mol. The molecule has 29 heavy (non-hydrogen) atoms. The Kier molecular flexibility index (Phi) is 5.71. The Morgan fingerprint density at radius 3 is 2.79 bits per heavy atom. The van der Waals surface area contributed by atoms with Crippen LogP contribution in [0.1, 0.15) is 44.9 Å². The lowest BCUT2D eigenvalue weighted by molar-refractivity contribution is -0.105. The second-order valence-electron chi connectivity index (χ2n) is 8.76. The number of hydrogen-bond acceptors (Lipinski definition) is 5. The number of nitrogens with one attached hydrogen (secondary N) is 2. The summed E-state index contributed by atoms with van der Waals surface area (Å²) in [7, 11) is 0. The number of aromatic amines is 1. The van der Waals surface area contributed by atoms with Gasteiger partial charge in [0.2, 0.25) is 11.8 Å². The number of hydrogen-bond donors (Lipinski definition) is 3. The minimum Gasteiger partial charge on any atom is -0.492 e. The summed E-state index contributed by atoms with van der Waals surface area (Å²) < 4.78 is 0. The Morgan fingerprint density at radius 2 is 2.07 bits per heavy atom. The fourth-order valence-corrected chi connectivity index (χ4v) is 5.26. The molecular weight excluding hydrogens is 409 g/mol. The molecule has 0 radical (unpaired) electrons. The minimum atomic E-state index is 0. The molecule has 1 aliphatic heterocycles. The van der Waals surface area contributed by atoms with Crippen molar-refractivity contribution in [2.45, 2.75) is 39.7 Å². The van der Waals surface area contributed by atoms with Crippen LogP contribution < -0.4 is 5.32 Å². The standard InChI is InChI=1S/C21H25N5O.2ClH/c1-11-15-8-13(21(15,2)3)9-16(11)24-20-25-17(19(27)26-20)7-12-10-23-18-14(12)5-4-6-22-18;;/h4-7,10-11,13,15-16,27H,8-9H2,1-3H3,(H2,24,25,26);2*1H/t11-,13?,15+,16+;;/m0../s1. The molecule has 6 rings (SSSR count). The molecule has 3 N–H and O–H groups in total.